The normalized spacial score (nSPS) is 18.1. The SMILES string of the molecule is Cc1nn(C(C)c2cc(Cl)c(C#N)c3c2OCCN(C2CN(CCO)C2)C3)c2ncnc(N)c12. The van der Waals surface area contributed by atoms with Gasteiger partial charge in [-0.1, -0.05) is 11.6 Å². The lowest BCUT2D eigenvalue weighted by Crippen LogP contribution is -2.59. The molecule has 0 radical (unpaired) electrons. The topological polar surface area (TPSA) is 129 Å². The minimum Gasteiger partial charge on any atom is -0.491 e. The summed E-state index contributed by atoms with van der Waals surface area (Å²) in [7, 11) is 0. The number of aliphatic hydroxyl groups is 1. The van der Waals surface area contributed by atoms with E-state index in [0.29, 0.717) is 53.5 Å². The highest BCUT2D eigenvalue weighted by Crippen LogP contribution is 2.40. The van der Waals surface area contributed by atoms with Crippen LogP contribution in [0.25, 0.3) is 11.0 Å². The Balaban J connectivity index is 1.55. The average molecular weight is 483 g/mol. The van der Waals surface area contributed by atoms with Crippen molar-refractivity contribution in [3.63, 3.8) is 0 Å². The molecule has 1 unspecified atom stereocenters. The Morgan fingerprint density at radius 3 is 2.91 bits per heavy atom. The number of nitrogens with zero attached hydrogens (tertiary/aromatic N) is 7. The number of aryl methyl sites for hydroxylation is 1. The first-order chi connectivity index (χ1) is 16.4. The molecule has 2 aromatic heterocycles. The molecule has 1 aromatic carbocycles. The molecule has 3 aromatic rings. The summed E-state index contributed by atoms with van der Waals surface area (Å²) < 4.78 is 8.09. The number of fused-ring (bicyclic) bond motifs is 2. The van der Waals surface area contributed by atoms with Gasteiger partial charge in [-0.3, -0.25) is 9.80 Å². The molecule has 11 heteroatoms. The monoisotopic (exact) mass is 482 g/mol. The van der Waals surface area contributed by atoms with E-state index in [1.165, 1.54) is 6.33 Å². The molecule has 1 atom stereocenters. The maximum Gasteiger partial charge on any atom is 0.164 e. The Bertz CT molecular complexity index is 1280. The lowest BCUT2D eigenvalue weighted by molar-refractivity contribution is 0.0175. The molecular weight excluding hydrogens is 456 g/mol. The minimum absolute atomic E-state index is 0.159. The summed E-state index contributed by atoms with van der Waals surface area (Å²) >= 11 is 6.63. The molecule has 0 aliphatic carbocycles. The van der Waals surface area contributed by atoms with E-state index in [9.17, 15) is 10.4 Å². The second-order valence-electron chi connectivity index (χ2n) is 8.86. The molecule has 0 amide bonds. The summed E-state index contributed by atoms with van der Waals surface area (Å²) in [6, 6.07) is 4.17. The van der Waals surface area contributed by atoms with Crippen LogP contribution in [0.3, 0.4) is 0 Å². The highest BCUT2D eigenvalue weighted by atomic mass is 35.5. The third kappa shape index (κ3) is 3.75. The number of nitrogen functional groups attached to an aromatic ring is 1. The third-order valence-corrected chi connectivity index (χ3v) is 7.14. The van der Waals surface area contributed by atoms with Gasteiger partial charge >= 0.3 is 0 Å². The van der Waals surface area contributed by atoms with Crippen LogP contribution in [0, 0.1) is 18.3 Å². The van der Waals surface area contributed by atoms with Crippen LogP contribution in [0.5, 0.6) is 5.75 Å². The first-order valence-electron chi connectivity index (χ1n) is 11.3. The number of ether oxygens (including phenoxy) is 1. The number of rotatable bonds is 5. The zero-order valence-corrected chi connectivity index (χ0v) is 20.0. The van der Waals surface area contributed by atoms with Crippen molar-refractivity contribution in [2.75, 3.05) is 45.1 Å². The Morgan fingerprint density at radius 2 is 2.18 bits per heavy atom. The number of hydrogen-bond acceptors (Lipinski definition) is 9. The molecule has 34 heavy (non-hydrogen) atoms. The predicted octanol–water partition coefficient (Wildman–Crippen LogP) is 1.72. The number of benzene rings is 1. The molecule has 5 rings (SSSR count). The van der Waals surface area contributed by atoms with E-state index in [0.717, 1.165) is 41.8 Å². The number of aliphatic hydroxyl groups excluding tert-OH is 1. The van der Waals surface area contributed by atoms with Gasteiger partial charge in [-0.05, 0) is 19.9 Å². The van der Waals surface area contributed by atoms with Gasteiger partial charge in [0.25, 0.3) is 0 Å². The van der Waals surface area contributed by atoms with Gasteiger partial charge in [-0.15, -0.1) is 0 Å². The molecule has 0 spiro atoms. The molecule has 178 valence electrons. The van der Waals surface area contributed by atoms with Crippen molar-refractivity contribution in [2.24, 2.45) is 0 Å². The lowest BCUT2D eigenvalue weighted by atomic mass is 9.97. The molecule has 4 heterocycles. The van der Waals surface area contributed by atoms with Crippen LogP contribution in [0.2, 0.25) is 5.02 Å². The van der Waals surface area contributed by atoms with Gasteiger partial charge in [0.05, 0.1) is 34.3 Å². The van der Waals surface area contributed by atoms with Crippen LogP contribution in [-0.4, -0.2) is 80.1 Å². The van der Waals surface area contributed by atoms with E-state index < -0.39 is 0 Å². The average Bonchev–Trinajstić information content (AvgIpc) is 2.98. The quantitative estimate of drug-likeness (QED) is 0.558. The Labute approximate surface area is 202 Å². The highest BCUT2D eigenvalue weighted by Gasteiger charge is 2.35. The molecule has 1 saturated heterocycles. The van der Waals surface area contributed by atoms with Crippen molar-refractivity contribution < 1.29 is 9.84 Å². The second kappa shape index (κ2) is 9.00. The Kier molecular flexibility index (Phi) is 6.04. The molecule has 0 saturated carbocycles. The van der Waals surface area contributed by atoms with Crippen molar-refractivity contribution >= 4 is 28.5 Å². The number of aromatic nitrogens is 4. The van der Waals surface area contributed by atoms with E-state index in [2.05, 4.69) is 25.8 Å². The van der Waals surface area contributed by atoms with Crippen LogP contribution in [0.15, 0.2) is 12.4 Å². The number of β-amino-alcohol motifs (C(OH)–C–C–N with tert-alkyl or cyclic N) is 1. The van der Waals surface area contributed by atoms with Gasteiger partial charge in [-0.25, -0.2) is 14.6 Å². The van der Waals surface area contributed by atoms with E-state index in [-0.39, 0.29) is 12.6 Å². The number of anilines is 1. The fourth-order valence-corrected chi connectivity index (χ4v) is 5.26. The fraction of sp³-hybridized carbons (Fsp3) is 0.478. The van der Waals surface area contributed by atoms with Crippen molar-refractivity contribution in [3.8, 4) is 11.8 Å². The standard InChI is InChI=1S/C23H27ClN8O2/c1-13-20-22(26)27-12-28-23(20)32(29-13)14(2)16-7-19(24)17(8-25)18-11-31(4-6-34-21(16)18)15-9-30(10-15)3-5-33/h7,12,14-15,33H,3-6,9-11H2,1-2H3,(H2,26,27,28). The van der Waals surface area contributed by atoms with E-state index in [4.69, 9.17) is 27.2 Å². The summed E-state index contributed by atoms with van der Waals surface area (Å²) in [5.41, 5.74) is 9.56. The third-order valence-electron chi connectivity index (χ3n) is 6.84. The summed E-state index contributed by atoms with van der Waals surface area (Å²) in [5.74, 6) is 1.08. The number of hydrogen-bond donors (Lipinski definition) is 2. The smallest absolute Gasteiger partial charge is 0.164 e. The van der Waals surface area contributed by atoms with Crippen LogP contribution >= 0.6 is 11.6 Å². The second-order valence-corrected chi connectivity index (χ2v) is 9.27. The van der Waals surface area contributed by atoms with E-state index in [1.807, 2.05) is 18.5 Å². The number of likely N-dealkylation sites (tertiary alicyclic amines) is 1. The van der Waals surface area contributed by atoms with Crippen LogP contribution in [-0.2, 0) is 6.54 Å². The van der Waals surface area contributed by atoms with Gasteiger partial charge in [-0.2, -0.15) is 10.4 Å². The van der Waals surface area contributed by atoms with Gasteiger partial charge in [0, 0.05) is 49.9 Å². The molecule has 1 fully saturated rings. The number of halogens is 1. The summed E-state index contributed by atoms with van der Waals surface area (Å²) in [6.07, 6.45) is 1.43. The summed E-state index contributed by atoms with van der Waals surface area (Å²) in [5, 5.41) is 24.9. The maximum absolute atomic E-state index is 9.90. The van der Waals surface area contributed by atoms with E-state index >= 15 is 0 Å². The largest absolute Gasteiger partial charge is 0.491 e. The molecule has 2 aliphatic rings. The molecule has 0 bridgehead atoms. The van der Waals surface area contributed by atoms with Crippen molar-refractivity contribution in [1.29, 1.82) is 5.26 Å². The first kappa shape index (κ1) is 22.8. The first-order valence-corrected chi connectivity index (χ1v) is 11.7. The molecule has 10 nitrogen and oxygen atoms in total. The molecule has 2 aliphatic heterocycles. The van der Waals surface area contributed by atoms with Crippen LogP contribution in [0.1, 0.15) is 35.3 Å². The zero-order valence-electron chi connectivity index (χ0n) is 19.2. The summed E-state index contributed by atoms with van der Waals surface area (Å²) in [6.45, 7) is 8.33. The fourth-order valence-electron chi connectivity index (χ4n) is 4.99. The predicted molar refractivity (Wildman–Crippen MR) is 128 cm³/mol. The van der Waals surface area contributed by atoms with Gasteiger partial charge in [0.1, 0.15) is 30.6 Å². The Morgan fingerprint density at radius 1 is 1.38 bits per heavy atom. The lowest BCUT2D eigenvalue weighted by Gasteiger charge is -2.44. The number of nitriles is 1. The van der Waals surface area contributed by atoms with Crippen molar-refractivity contribution in [2.45, 2.75) is 32.5 Å². The van der Waals surface area contributed by atoms with Crippen LogP contribution in [0.4, 0.5) is 5.82 Å². The maximum atomic E-state index is 9.90. The molecular formula is C23H27ClN8O2. The zero-order chi connectivity index (χ0) is 24.0. The van der Waals surface area contributed by atoms with E-state index in [1.54, 1.807) is 6.07 Å². The minimum atomic E-state index is -0.264. The highest BCUT2D eigenvalue weighted by molar-refractivity contribution is 6.32. The van der Waals surface area contributed by atoms with Gasteiger partial charge < -0.3 is 15.6 Å². The Hall–Kier alpha value is -2.97. The van der Waals surface area contributed by atoms with Crippen LogP contribution < -0.4 is 10.5 Å². The number of nitrogens with two attached hydrogens (primary N) is 1. The van der Waals surface area contributed by atoms with Gasteiger partial charge in [0.2, 0.25) is 0 Å². The van der Waals surface area contributed by atoms with Gasteiger partial charge in [0.15, 0.2) is 5.65 Å². The summed E-state index contributed by atoms with van der Waals surface area (Å²) in [4.78, 5) is 13.1. The van der Waals surface area contributed by atoms with Crippen molar-refractivity contribution in [3.05, 3.63) is 39.8 Å². The van der Waals surface area contributed by atoms with Crippen molar-refractivity contribution in [1.82, 2.24) is 29.5 Å². The molecule has 3 N–H and O–H groups in total.